The summed E-state index contributed by atoms with van der Waals surface area (Å²) in [6.07, 6.45) is 4.28. The maximum absolute atomic E-state index is 13.5. The Morgan fingerprint density at radius 2 is 2.18 bits per heavy atom. The van der Waals surface area contributed by atoms with E-state index >= 15 is 0 Å². The number of fused-ring (bicyclic) bond motifs is 1. The number of alkyl halides is 1. The fraction of sp³-hybridized carbons (Fsp3) is 0.261. The molecule has 0 bridgehead atoms. The SMILES string of the molecule is O=C(C=CCBr)Nc1cc2c(Nc3ccc(F)c(Cl)c3)ncnc2cc1OC[C@@H]1COCCO1. The molecule has 0 aliphatic carbocycles. The first-order chi connectivity index (χ1) is 16.5. The summed E-state index contributed by atoms with van der Waals surface area (Å²) in [7, 11) is 0. The van der Waals surface area contributed by atoms with Gasteiger partial charge in [-0.15, -0.1) is 0 Å². The number of aromatic nitrogens is 2. The van der Waals surface area contributed by atoms with Gasteiger partial charge in [0.15, 0.2) is 0 Å². The quantitative estimate of drug-likeness (QED) is 0.305. The van der Waals surface area contributed by atoms with Gasteiger partial charge in [-0.25, -0.2) is 14.4 Å². The van der Waals surface area contributed by atoms with Gasteiger partial charge < -0.3 is 24.8 Å². The van der Waals surface area contributed by atoms with Crippen molar-refractivity contribution in [3.05, 3.63) is 59.7 Å². The molecule has 3 aromatic rings. The highest BCUT2D eigenvalue weighted by Gasteiger charge is 2.18. The lowest BCUT2D eigenvalue weighted by Crippen LogP contribution is -2.33. The number of rotatable bonds is 8. The van der Waals surface area contributed by atoms with Gasteiger partial charge in [0.2, 0.25) is 5.91 Å². The summed E-state index contributed by atoms with van der Waals surface area (Å²) < 4.78 is 30.6. The van der Waals surface area contributed by atoms with Crippen LogP contribution in [0, 0.1) is 5.82 Å². The van der Waals surface area contributed by atoms with Crippen molar-refractivity contribution in [3.8, 4) is 5.75 Å². The number of carbonyl (C=O) groups excluding carboxylic acids is 1. The number of ether oxygens (including phenoxy) is 3. The first-order valence-electron chi connectivity index (χ1n) is 10.4. The number of carbonyl (C=O) groups is 1. The Bertz CT molecular complexity index is 1210. The van der Waals surface area contributed by atoms with Crippen LogP contribution in [0.5, 0.6) is 5.75 Å². The van der Waals surface area contributed by atoms with E-state index in [1.165, 1.54) is 24.5 Å². The number of amides is 1. The predicted molar refractivity (Wildman–Crippen MR) is 132 cm³/mol. The summed E-state index contributed by atoms with van der Waals surface area (Å²) in [6.45, 7) is 1.73. The van der Waals surface area contributed by atoms with Crippen LogP contribution in [0.4, 0.5) is 21.6 Å². The van der Waals surface area contributed by atoms with Gasteiger partial charge >= 0.3 is 0 Å². The fourth-order valence-electron chi connectivity index (χ4n) is 3.25. The molecule has 34 heavy (non-hydrogen) atoms. The number of allylic oxidation sites excluding steroid dienone is 1. The summed E-state index contributed by atoms with van der Waals surface area (Å²) in [4.78, 5) is 21.0. The zero-order valence-electron chi connectivity index (χ0n) is 17.9. The second kappa shape index (κ2) is 11.6. The lowest BCUT2D eigenvalue weighted by molar-refractivity contribution is -0.112. The normalized spacial score (nSPS) is 16.0. The average Bonchev–Trinajstić information content (AvgIpc) is 2.84. The van der Waals surface area contributed by atoms with Crippen LogP contribution in [0.15, 0.2) is 48.8 Å². The summed E-state index contributed by atoms with van der Waals surface area (Å²) >= 11 is 9.16. The number of benzene rings is 2. The first kappa shape index (κ1) is 24.3. The number of nitrogens with zero attached hydrogens (tertiary/aromatic N) is 2. The van der Waals surface area contributed by atoms with E-state index in [1.54, 1.807) is 24.3 Å². The van der Waals surface area contributed by atoms with E-state index in [-0.39, 0.29) is 23.6 Å². The van der Waals surface area contributed by atoms with Crippen molar-refractivity contribution >= 4 is 61.5 Å². The molecule has 4 rings (SSSR count). The van der Waals surface area contributed by atoms with E-state index in [1.807, 2.05) is 0 Å². The minimum absolute atomic E-state index is 0.0144. The molecule has 2 heterocycles. The maximum Gasteiger partial charge on any atom is 0.248 e. The van der Waals surface area contributed by atoms with E-state index in [4.69, 9.17) is 25.8 Å². The molecule has 0 spiro atoms. The van der Waals surface area contributed by atoms with E-state index < -0.39 is 5.82 Å². The largest absolute Gasteiger partial charge is 0.489 e. The maximum atomic E-state index is 13.5. The van der Waals surface area contributed by atoms with Gasteiger partial charge in [0.1, 0.15) is 36.4 Å². The highest BCUT2D eigenvalue weighted by molar-refractivity contribution is 9.09. The van der Waals surface area contributed by atoms with Crippen LogP contribution in [0.2, 0.25) is 5.02 Å². The number of hydrogen-bond acceptors (Lipinski definition) is 7. The number of hydrogen-bond donors (Lipinski definition) is 2. The Kier molecular flexibility index (Phi) is 8.28. The third kappa shape index (κ3) is 6.20. The fourth-order valence-corrected chi connectivity index (χ4v) is 3.62. The molecule has 1 aliphatic heterocycles. The van der Waals surface area contributed by atoms with Crippen LogP contribution in [0.1, 0.15) is 0 Å². The first-order valence-corrected chi connectivity index (χ1v) is 11.9. The number of halogens is 3. The van der Waals surface area contributed by atoms with Gasteiger partial charge in [0.25, 0.3) is 0 Å². The molecule has 0 radical (unpaired) electrons. The Morgan fingerprint density at radius 3 is 2.94 bits per heavy atom. The van der Waals surface area contributed by atoms with Gasteiger partial charge in [0.05, 0.1) is 36.0 Å². The summed E-state index contributed by atoms with van der Waals surface area (Å²) in [6, 6.07) is 7.71. The molecule has 0 unspecified atom stereocenters. The molecular formula is C23H21BrClFN4O4. The van der Waals surface area contributed by atoms with Crippen molar-refractivity contribution in [1.29, 1.82) is 0 Å². The van der Waals surface area contributed by atoms with Crippen molar-refractivity contribution in [3.63, 3.8) is 0 Å². The van der Waals surface area contributed by atoms with Crippen LogP contribution < -0.4 is 15.4 Å². The molecule has 11 heteroatoms. The molecule has 1 saturated heterocycles. The second-order valence-electron chi connectivity index (χ2n) is 7.27. The minimum atomic E-state index is -0.518. The van der Waals surface area contributed by atoms with E-state index in [9.17, 15) is 9.18 Å². The van der Waals surface area contributed by atoms with Crippen LogP contribution in [0.25, 0.3) is 10.9 Å². The third-order valence-corrected chi connectivity index (χ3v) is 5.51. The molecule has 2 N–H and O–H groups in total. The molecule has 1 atom stereocenters. The lowest BCUT2D eigenvalue weighted by Gasteiger charge is -2.23. The summed E-state index contributed by atoms with van der Waals surface area (Å²) in [5.74, 6) is 0.0412. The van der Waals surface area contributed by atoms with Gasteiger partial charge in [-0.2, -0.15) is 0 Å². The lowest BCUT2D eigenvalue weighted by atomic mass is 10.1. The topological polar surface area (TPSA) is 94.6 Å². The Morgan fingerprint density at radius 1 is 1.29 bits per heavy atom. The molecule has 178 valence electrons. The average molecular weight is 552 g/mol. The molecule has 8 nitrogen and oxygen atoms in total. The van der Waals surface area contributed by atoms with Crippen LogP contribution >= 0.6 is 27.5 Å². The van der Waals surface area contributed by atoms with Crippen LogP contribution in [-0.2, 0) is 14.3 Å². The van der Waals surface area contributed by atoms with Gasteiger partial charge in [0, 0.05) is 28.5 Å². The third-order valence-electron chi connectivity index (χ3n) is 4.84. The van der Waals surface area contributed by atoms with E-state index in [0.717, 1.165) is 0 Å². The molecule has 1 aromatic heterocycles. The van der Waals surface area contributed by atoms with Gasteiger partial charge in [-0.3, -0.25) is 4.79 Å². The Hall–Kier alpha value is -2.79. The second-order valence-corrected chi connectivity index (χ2v) is 8.32. The zero-order chi connectivity index (χ0) is 23.9. The summed E-state index contributed by atoms with van der Waals surface area (Å²) in [5, 5.41) is 7.10. The Balaban J connectivity index is 1.66. The van der Waals surface area contributed by atoms with Crippen molar-refractivity contribution < 1.29 is 23.4 Å². The molecule has 0 saturated carbocycles. The molecule has 2 aromatic carbocycles. The van der Waals surface area contributed by atoms with Gasteiger partial charge in [-0.05, 0) is 24.3 Å². The van der Waals surface area contributed by atoms with Crippen molar-refractivity contribution in [2.45, 2.75) is 6.10 Å². The van der Waals surface area contributed by atoms with Crippen LogP contribution in [0.3, 0.4) is 0 Å². The zero-order valence-corrected chi connectivity index (χ0v) is 20.2. The Labute approximate surface area is 208 Å². The van der Waals surface area contributed by atoms with Crippen molar-refractivity contribution in [2.75, 3.05) is 42.4 Å². The number of anilines is 3. The van der Waals surface area contributed by atoms with Crippen molar-refractivity contribution in [1.82, 2.24) is 9.97 Å². The highest BCUT2D eigenvalue weighted by Crippen LogP contribution is 2.34. The molecule has 1 amide bonds. The smallest absolute Gasteiger partial charge is 0.248 e. The standard InChI is InChI=1S/C23H21BrClFN4O4/c24-5-1-2-22(31)30-20-9-16-19(10-21(20)34-12-15-11-32-6-7-33-15)27-13-28-23(16)29-14-3-4-18(26)17(25)8-14/h1-4,8-10,13,15H,5-7,11-12H2,(H,30,31)(H,27,28,29)/t15-/m0/s1. The van der Waals surface area contributed by atoms with Gasteiger partial charge in [-0.1, -0.05) is 33.6 Å². The number of nitrogens with one attached hydrogen (secondary N) is 2. The monoisotopic (exact) mass is 550 g/mol. The van der Waals surface area contributed by atoms with Crippen molar-refractivity contribution in [2.24, 2.45) is 0 Å². The molecule has 1 fully saturated rings. The van der Waals surface area contributed by atoms with E-state index in [0.29, 0.717) is 59.0 Å². The molecular weight excluding hydrogens is 531 g/mol. The highest BCUT2D eigenvalue weighted by atomic mass is 79.9. The molecule has 1 aliphatic rings. The predicted octanol–water partition coefficient (Wildman–Crippen LogP) is 4.85. The summed E-state index contributed by atoms with van der Waals surface area (Å²) in [5.41, 5.74) is 1.56. The minimum Gasteiger partial charge on any atom is -0.489 e. The van der Waals surface area contributed by atoms with E-state index in [2.05, 4.69) is 36.5 Å². The van der Waals surface area contributed by atoms with Crippen LogP contribution in [-0.4, -0.2) is 53.7 Å².